The molecule has 0 bridgehead atoms. The standard InChI is InChI=1S/C16H20F3N5O3/c1-10(2)27-8-4-7-20-15(25)11-9-21-24(14(11)16(17,18)19)12-5-6-13(26-3)23-22-12/h5-6,9-10H,4,7-8H2,1-3H3,(H,20,25). The normalized spacial score (nSPS) is 11.7. The van der Waals surface area contributed by atoms with Crippen molar-refractivity contribution in [2.24, 2.45) is 0 Å². The van der Waals surface area contributed by atoms with Gasteiger partial charge in [-0.05, 0) is 26.3 Å². The molecule has 0 atom stereocenters. The molecule has 2 heterocycles. The van der Waals surface area contributed by atoms with E-state index in [0.29, 0.717) is 17.7 Å². The Labute approximate surface area is 153 Å². The third-order valence-corrected chi connectivity index (χ3v) is 3.39. The van der Waals surface area contributed by atoms with Gasteiger partial charge in [-0.1, -0.05) is 0 Å². The number of amides is 1. The molecule has 0 fully saturated rings. The summed E-state index contributed by atoms with van der Waals surface area (Å²) in [5.74, 6) is -0.923. The fraction of sp³-hybridized carbons (Fsp3) is 0.500. The number of nitrogens with zero attached hydrogens (tertiary/aromatic N) is 4. The van der Waals surface area contributed by atoms with Gasteiger partial charge in [0.1, 0.15) is 0 Å². The lowest BCUT2D eigenvalue weighted by atomic mass is 10.2. The Morgan fingerprint density at radius 3 is 2.59 bits per heavy atom. The van der Waals surface area contributed by atoms with E-state index < -0.39 is 23.3 Å². The van der Waals surface area contributed by atoms with Crippen LogP contribution in [-0.2, 0) is 10.9 Å². The number of rotatable bonds is 8. The van der Waals surface area contributed by atoms with Crippen LogP contribution in [0.5, 0.6) is 5.88 Å². The summed E-state index contributed by atoms with van der Waals surface area (Å²) in [5, 5.41) is 13.4. The van der Waals surface area contributed by atoms with Gasteiger partial charge in [0.05, 0.1) is 25.0 Å². The zero-order valence-electron chi connectivity index (χ0n) is 15.1. The van der Waals surface area contributed by atoms with Gasteiger partial charge < -0.3 is 14.8 Å². The van der Waals surface area contributed by atoms with E-state index in [1.165, 1.54) is 19.2 Å². The van der Waals surface area contributed by atoms with Crippen LogP contribution in [0.2, 0.25) is 0 Å². The van der Waals surface area contributed by atoms with Crippen molar-refractivity contribution < 1.29 is 27.4 Å². The van der Waals surface area contributed by atoms with Gasteiger partial charge in [0.2, 0.25) is 5.88 Å². The maximum atomic E-state index is 13.5. The first kappa shape index (κ1) is 20.6. The van der Waals surface area contributed by atoms with Crippen LogP contribution in [0.3, 0.4) is 0 Å². The Balaban J connectivity index is 2.19. The number of ether oxygens (including phenoxy) is 2. The molecule has 11 heteroatoms. The number of hydrogen-bond donors (Lipinski definition) is 1. The van der Waals surface area contributed by atoms with Crippen molar-refractivity contribution in [3.63, 3.8) is 0 Å². The smallest absolute Gasteiger partial charge is 0.434 e. The molecule has 27 heavy (non-hydrogen) atoms. The van der Waals surface area contributed by atoms with Gasteiger partial charge in [0.25, 0.3) is 5.91 Å². The van der Waals surface area contributed by atoms with Crippen molar-refractivity contribution >= 4 is 5.91 Å². The lowest BCUT2D eigenvalue weighted by molar-refractivity contribution is -0.143. The highest BCUT2D eigenvalue weighted by Crippen LogP contribution is 2.33. The quantitative estimate of drug-likeness (QED) is 0.699. The van der Waals surface area contributed by atoms with Crippen LogP contribution in [0.4, 0.5) is 13.2 Å². The van der Waals surface area contributed by atoms with Crippen molar-refractivity contribution in [1.29, 1.82) is 0 Å². The number of aromatic nitrogens is 4. The van der Waals surface area contributed by atoms with Crippen LogP contribution in [0.15, 0.2) is 18.3 Å². The molecular formula is C16H20F3N5O3. The third kappa shape index (κ3) is 5.39. The number of methoxy groups -OCH3 is 1. The molecule has 8 nitrogen and oxygen atoms in total. The third-order valence-electron chi connectivity index (χ3n) is 3.39. The number of nitrogens with one attached hydrogen (secondary N) is 1. The molecule has 2 aromatic rings. The Morgan fingerprint density at radius 2 is 2.04 bits per heavy atom. The van der Waals surface area contributed by atoms with E-state index in [1.807, 2.05) is 13.8 Å². The highest BCUT2D eigenvalue weighted by Gasteiger charge is 2.40. The molecule has 0 unspecified atom stereocenters. The molecule has 0 spiro atoms. The lowest BCUT2D eigenvalue weighted by Crippen LogP contribution is -2.28. The van der Waals surface area contributed by atoms with Gasteiger partial charge in [-0.3, -0.25) is 4.79 Å². The zero-order chi connectivity index (χ0) is 20.0. The van der Waals surface area contributed by atoms with Crippen LogP contribution < -0.4 is 10.1 Å². The first-order valence-electron chi connectivity index (χ1n) is 8.17. The van der Waals surface area contributed by atoms with Crippen molar-refractivity contribution in [2.45, 2.75) is 32.5 Å². The number of hydrogen-bond acceptors (Lipinski definition) is 6. The van der Waals surface area contributed by atoms with E-state index in [1.54, 1.807) is 0 Å². The molecule has 0 saturated heterocycles. The molecule has 1 amide bonds. The maximum Gasteiger partial charge on any atom is 0.434 e. The van der Waals surface area contributed by atoms with Crippen molar-refractivity contribution in [3.8, 4) is 11.7 Å². The van der Waals surface area contributed by atoms with Gasteiger partial charge in [-0.15, -0.1) is 10.2 Å². The Morgan fingerprint density at radius 1 is 1.30 bits per heavy atom. The molecular weight excluding hydrogens is 367 g/mol. The van der Waals surface area contributed by atoms with Gasteiger partial charge >= 0.3 is 6.18 Å². The second kappa shape index (κ2) is 8.80. The summed E-state index contributed by atoms with van der Waals surface area (Å²) in [5.41, 5.74) is -1.82. The summed E-state index contributed by atoms with van der Waals surface area (Å²) >= 11 is 0. The van der Waals surface area contributed by atoms with Gasteiger partial charge in [-0.25, -0.2) is 4.68 Å². The molecule has 1 N–H and O–H groups in total. The predicted molar refractivity (Wildman–Crippen MR) is 88.7 cm³/mol. The average molecular weight is 387 g/mol. The van der Waals surface area contributed by atoms with Crippen LogP contribution in [0, 0.1) is 0 Å². The largest absolute Gasteiger partial charge is 0.480 e. The topological polar surface area (TPSA) is 91.2 Å². The van der Waals surface area contributed by atoms with E-state index in [9.17, 15) is 18.0 Å². The molecule has 0 saturated carbocycles. The average Bonchev–Trinajstić information content (AvgIpc) is 3.06. The van der Waals surface area contributed by atoms with Crippen molar-refractivity contribution in [2.75, 3.05) is 20.3 Å². The molecule has 0 aliphatic carbocycles. The second-order valence-corrected chi connectivity index (χ2v) is 5.78. The predicted octanol–water partition coefficient (Wildman–Crippen LogP) is 2.23. The Bertz CT molecular complexity index is 760. The summed E-state index contributed by atoms with van der Waals surface area (Å²) in [6.45, 7) is 4.30. The fourth-order valence-corrected chi connectivity index (χ4v) is 2.18. The van der Waals surface area contributed by atoms with E-state index in [4.69, 9.17) is 9.47 Å². The minimum atomic E-state index is -4.81. The first-order valence-corrected chi connectivity index (χ1v) is 8.17. The lowest BCUT2D eigenvalue weighted by Gasteiger charge is -2.12. The zero-order valence-corrected chi connectivity index (χ0v) is 15.1. The van der Waals surface area contributed by atoms with Gasteiger partial charge in [0.15, 0.2) is 11.5 Å². The Hall–Kier alpha value is -2.69. The fourth-order valence-electron chi connectivity index (χ4n) is 2.18. The summed E-state index contributed by atoms with van der Waals surface area (Å²) in [4.78, 5) is 12.2. The SMILES string of the molecule is COc1ccc(-n2ncc(C(=O)NCCCOC(C)C)c2C(F)(F)F)nn1. The number of carbonyl (C=O) groups excluding carboxylic acids is 1. The van der Waals surface area contributed by atoms with Gasteiger partial charge in [0, 0.05) is 19.2 Å². The number of halogens is 3. The van der Waals surface area contributed by atoms with Crippen LogP contribution in [-0.4, -0.2) is 52.3 Å². The summed E-state index contributed by atoms with van der Waals surface area (Å²) in [6.07, 6.45) is -3.44. The highest BCUT2D eigenvalue weighted by molar-refractivity contribution is 5.95. The minimum Gasteiger partial charge on any atom is -0.480 e. The Kier molecular flexibility index (Phi) is 6.72. The summed E-state index contributed by atoms with van der Waals surface area (Å²) in [6, 6.07) is 2.61. The minimum absolute atomic E-state index is 0.0429. The highest BCUT2D eigenvalue weighted by atomic mass is 19.4. The van der Waals surface area contributed by atoms with Crippen molar-refractivity contribution in [3.05, 3.63) is 29.6 Å². The summed E-state index contributed by atoms with van der Waals surface area (Å²) in [7, 11) is 1.35. The second-order valence-electron chi connectivity index (χ2n) is 5.78. The van der Waals surface area contributed by atoms with Crippen molar-refractivity contribution in [1.82, 2.24) is 25.3 Å². The molecule has 0 aliphatic rings. The number of carbonyl (C=O) groups is 1. The number of alkyl halides is 3. The first-order chi connectivity index (χ1) is 12.7. The molecule has 2 rings (SSSR count). The van der Waals surface area contributed by atoms with E-state index >= 15 is 0 Å². The molecule has 0 aliphatic heterocycles. The van der Waals surface area contributed by atoms with Crippen LogP contribution in [0.25, 0.3) is 5.82 Å². The van der Waals surface area contributed by atoms with Gasteiger partial charge in [-0.2, -0.15) is 18.3 Å². The molecule has 2 aromatic heterocycles. The van der Waals surface area contributed by atoms with Crippen LogP contribution in [0.1, 0.15) is 36.3 Å². The van der Waals surface area contributed by atoms with E-state index in [0.717, 1.165) is 6.20 Å². The van der Waals surface area contributed by atoms with E-state index in [2.05, 4.69) is 20.6 Å². The maximum absolute atomic E-state index is 13.5. The van der Waals surface area contributed by atoms with E-state index in [-0.39, 0.29) is 24.3 Å². The molecule has 148 valence electrons. The monoisotopic (exact) mass is 387 g/mol. The molecule has 0 radical (unpaired) electrons. The van der Waals surface area contributed by atoms with Crippen LogP contribution >= 0.6 is 0 Å². The molecule has 0 aromatic carbocycles. The summed E-state index contributed by atoms with van der Waals surface area (Å²) < 4.78 is 51.3.